The van der Waals surface area contributed by atoms with E-state index in [0.29, 0.717) is 6.04 Å². The molecule has 0 amide bonds. The maximum atomic E-state index is 5.40. The SMILES string of the molecule is Cc1cc([C@H]2CCCCN2)cnc1N1CCOCC1. The van der Waals surface area contributed by atoms with Crippen molar-refractivity contribution in [3.8, 4) is 0 Å². The molecule has 4 heteroatoms. The predicted molar refractivity (Wildman–Crippen MR) is 76.6 cm³/mol. The number of nitrogens with zero attached hydrogens (tertiary/aromatic N) is 2. The van der Waals surface area contributed by atoms with Gasteiger partial charge in [0, 0.05) is 25.3 Å². The lowest BCUT2D eigenvalue weighted by Crippen LogP contribution is -2.37. The summed E-state index contributed by atoms with van der Waals surface area (Å²) in [6.07, 6.45) is 5.91. The monoisotopic (exact) mass is 261 g/mol. The van der Waals surface area contributed by atoms with E-state index in [1.54, 1.807) is 0 Å². The molecule has 2 aliphatic rings. The Morgan fingerprint density at radius 1 is 1.32 bits per heavy atom. The van der Waals surface area contributed by atoms with Gasteiger partial charge in [-0.1, -0.05) is 6.42 Å². The summed E-state index contributed by atoms with van der Waals surface area (Å²) in [5.41, 5.74) is 2.63. The quantitative estimate of drug-likeness (QED) is 0.884. The van der Waals surface area contributed by atoms with Crippen LogP contribution in [0.15, 0.2) is 12.3 Å². The molecule has 1 atom stereocenters. The van der Waals surface area contributed by atoms with Crippen LogP contribution < -0.4 is 10.2 Å². The van der Waals surface area contributed by atoms with Gasteiger partial charge in [-0.3, -0.25) is 0 Å². The molecule has 0 unspecified atom stereocenters. The maximum absolute atomic E-state index is 5.40. The largest absolute Gasteiger partial charge is 0.378 e. The Balaban J connectivity index is 1.76. The number of morpholine rings is 1. The van der Waals surface area contributed by atoms with Crippen LogP contribution in [-0.4, -0.2) is 37.8 Å². The third-order valence-corrected chi connectivity index (χ3v) is 4.10. The summed E-state index contributed by atoms with van der Waals surface area (Å²) < 4.78 is 5.40. The molecule has 0 spiro atoms. The van der Waals surface area contributed by atoms with Gasteiger partial charge in [0.2, 0.25) is 0 Å². The first-order valence-corrected chi connectivity index (χ1v) is 7.37. The number of hydrogen-bond acceptors (Lipinski definition) is 4. The molecule has 104 valence electrons. The first-order valence-electron chi connectivity index (χ1n) is 7.37. The second-order valence-electron chi connectivity index (χ2n) is 5.51. The normalized spacial score (nSPS) is 24.5. The molecular formula is C15H23N3O. The van der Waals surface area contributed by atoms with Gasteiger partial charge in [0.15, 0.2) is 0 Å². The van der Waals surface area contributed by atoms with E-state index in [0.717, 1.165) is 38.7 Å². The lowest BCUT2D eigenvalue weighted by molar-refractivity contribution is 0.122. The number of anilines is 1. The van der Waals surface area contributed by atoms with Gasteiger partial charge in [-0.2, -0.15) is 0 Å². The molecule has 4 nitrogen and oxygen atoms in total. The van der Waals surface area contributed by atoms with Crippen molar-refractivity contribution in [3.05, 3.63) is 23.4 Å². The molecular weight excluding hydrogens is 238 g/mol. The number of piperidine rings is 1. The van der Waals surface area contributed by atoms with E-state index >= 15 is 0 Å². The van der Waals surface area contributed by atoms with E-state index in [1.165, 1.54) is 30.4 Å². The fourth-order valence-corrected chi connectivity index (χ4v) is 3.02. The average Bonchev–Trinajstić information content (AvgIpc) is 2.49. The van der Waals surface area contributed by atoms with Crippen molar-refractivity contribution in [1.29, 1.82) is 0 Å². The fraction of sp³-hybridized carbons (Fsp3) is 0.667. The first-order chi connectivity index (χ1) is 9.34. The van der Waals surface area contributed by atoms with Crippen LogP contribution in [0.3, 0.4) is 0 Å². The van der Waals surface area contributed by atoms with Gasteiger partial charge in [-0.25, -0.2) is 4.98 Å². The van der Waals surface area contributed by atoms with Crippen molar-refractivity contribution >= 4 is 5.82 Å². The van der Waals surface area contributed by atoms with Crippen LogP contribution in [0.1, 0.15) is 36.4 Å². The third kappa shape index (κ3) is 2.90. The van der Waals surface area contributed by atoms with Crippen LogP contribution in [0.5, 0.6) is 0 Å². The first kappa shape index (κ1) is 12.9. The van der Waals surface area contributed by atoms with Crippen LogP contribution in [-0.2, 0) is 4.74 Å². The van der Waals surface area contributed by atoms with E-state index in [4.69, 9.17) is 9.72 Å². The van der Waals surface area contributed by atoms with Crippen LogP contribution in [0.2, 0.25) is 0 Å². The van der Waals surface area contributed by atoms with Gasteiger partial charge < -0.3 is 15.0 Å². The molecule has 2 saturated heterocycles. The van der Waals surface area contributed by atoms with Crippen LogP contribution in [0, 0.1) is 6.92 Å². The molecule has 2 fully saturated rings. The Morgan fingerprint density at radius 3 is 2.84 bits per heavy atom. The Bertz CT molecular complexity index is 423. The summed E-state index contributed by atoms with van der Waals surface area (Å²) >= 11 is 0. The molecule has 0 aromatic carbocycles. The smallest absolute Gasteiger partial charge is 0.131 e. The minimum absolute atomic E-state index is 0.499. The van der Waals surface area contributed by atoms with E-state index in [1.807, 2.05) is 0 Å². The minimum atomic E-state index is 0.499. The third-order valence-electron chi connectivity index (χ3n) is 4.10. The summed E-state index contributed by atoms with van der Waals surface area (Å²) in [5.74, 6) is 1.13. The van der Waals surface area contributed by atoms with Crippen molar-refractivity contribution in [1.82, 2.24) is 10.3 Å². The molecule has 1 aromatic heterocycles. The fourth-order valence-electron chi connectivity index (χ4n) is 3.02. The number of hydrogen-bond donors (Lipinski definition) is 1. The number of rotatable bonds is 2. The van der Waals surface area contributed by atoms with Gasteiger partial charge in [0.05, 0.1) is 13.2 Å². The van der Waals surface area contributed by atoms with Gasteiger partial charge in [0.1, 0.15) is 5.82 Å². The van der Waals surface area contributed by atoms with E-state index in [9.17, 15) is 0 Å². The molecule has 2 aliphatic heterocycles. The number of ether oxygens (including phenoxy) is 1. The summed E-state index contributed by atoms with van der Waals surface area (Å²) in [7, 11) is 0. The molecule has 3 rings (SSSR count). The van der Waals surface area contributed by atoms with Crippen molar-refractivity contribution in [3.63, 3.8) is 0 Å². The van der Waals surface area contributed by atoms with Crippen molar-refractivity contribution < 1.29 is 4.74 Å². The van der Waals surface area contributed by atoms with Crippen molar-refractivity contribution in [2.24, 2.45) is 0 Å². The predicted octanol–water partition coefficient (Wildman–Crippen LogP) is 2.04. The molecule has 0 radical (unpaired) electrons. The van der Waals surface area contributed by atoms with E-state index in [-0.39, 0.29) is 0 Å². The highest BCUT2D eigenvalue weighted by atomic mass is 16.5. The molecule has 0 saturated carbocycles. The van der Waals surface area contributed by atoms with Crippen molar-refractivity contribution in [2.45, 2.75) is 32.2 Å². The molecule has 1 N–H and O–H groups in total. The molecule has 3 heterocycles. The summed E-state index contributed by atoms with van der Waals surface area (Å²) in [6.45, 7) is 6.84. The minimum Gasteiger partial charge on any atom is -0.378 e. The number of nitrogens with one attached hydrogen (secondary N) is 1. The van der Waals surface area contributed by atoms with Crippen LogP contribution >= 0.6 is 0 Å². The summed E-state index contributed by atoms with van der Waals surface area (Å²) in [5, 5.41) is 3.59. The highest BCUT2D eigenvalue weighted by Gasteiger charge is 2.18. The topological polar surface area (TPSA) is 37.4 Å². The zero-order valence-corrected chi connectivity index (χ0v) is 11.7. The van der Waals surface area contributed by atoms with Crippen LogP contribution in [0.4, 0.5) is 5.82 Å². The van der Waals surface area contributed by atoms with E-state index in [2.05, 4.69) is 29.4 Å². The lowest BCUT2D eigenvalue weighted by Gasteiger charge is -2.30. The molecule has 1 aromatic rings. The molecule has 19 heavy (non-hydrogen) atoms. The second kappa shape index (κ2) is 5.88. The Hall–Kier alpha value is -1.13. The zero-order chi connectivity index (χ0) is 13.1. The molecule has 0 aliphatic carbocycles. The van der Waals surface area contributed by atoms with Crippen LogP contribution in [0.25, 0.3) is 0 Å². The Kier molecular flexibility index (Phi) is 3.99. The van der Waals surface area contributed by atoms with Gasteiger partial charge in [0.25, 0.3) is 0 Å². The van der Waals surface area contributed by atoms with Crippen molar-refractivity contribution in [2.75, 3.05) is 37.7 Å². The van der Waals surface area contributed by atoms with Gasteiger partial charge in [-0.05, 0) is 43.5 Å². The van der Waals surface area contributed by atoms with Gasteiger partial charge >= 0.3 is 0 Å². The average molecular weight is 261 g/mol. The lowest BCUT2D eigenvalue weighted by atomic mass is 9.98. The Labute approximate surface area is 115 Å². The van der Waals surface area contributed by atoms with E-state index < -0.39 is 0 Å². The maximum Gasteiger partial charge on any atom is 0.131 e. The summed E-state index contributed by atoms with van der Waals surface area (Å²) in [4.78, 5) is 7.04. The molecule has 0 bridgehead atoms. The zero-order valence-electron chi connectivity index (χ0n) is 11.7. The van der Waals surface area contributed by atoms with Gasteiger partial charge in [-0.15, -0.1) is 0 Å². The highest BCUT2D eigenvalue weighted by Crippen LogP contribution is 2.26. The second-order valence-corrected chi connectivity index (χ2v) is 5.51. The number of aryl methyl sites for hydroxylation is 1. The Morgan fingerprint density at radius 2 is 2.16 bits per heavy atom. The standard InChI is InChI=1S/C15H23N3O/c1-12-10-13(14-4-2-3-5-16-14)11-17-15(12)18-6-8-19-9-7-18/h10-11,14,16H,2-9H2,1H3/t14-/m1/s1. The summed E-state index contributed by atoms with van der Waals surface area (Å²) in [6, 6.07) is 2.81. The number of aromatic nitrogens is 1. The number of pyridine rings is 1. The highest BCUT2D eigenvalue weighted by molar-refractivity contribution is 5.48.